The maximum Gasteiger partial charge on any atom is 0.110 e. The average molecular weight is 277 g/mol. The summed E-state index contributed by atoms with van der Waals surface area (Å²) in [5, 5.41) is 3.74. The zero-order valence-corrected chi connectivity index (χ0v) is 13.7. The summed E-state index contributed by atoms with van der Waals surface area (Å²) in [5.74, 6) is 2.00. The first-order valence-electron chi connectivity index (χ1n) is 8.32. The van der Waals surface area contributed by atoms with Gasteiger partial charge >= 0.3 is 0 Å². The first-order valence-corrected chi connectivity index (χ1v) is 8.32. The highest BCUT2D eigenvalue weighted by molar-refractivity contribution is 5.00. The zero-order valence-electron chi connectivity index (χ0n) is 13.7. The third-order valence-electron chi connectivity index (χ3n) is 5.09. The molecule has 114 valence electrons. The van der Waals surface area contributed by atoms with E-state index in [0.717, 1.165) is 25.4 Å². The van der Waals surface area contributed by atoms with E-state index in [9.17, 15) is 0 Å². The fourth-order valence-corrected chi connectivity index (χ4v) is 3.90. The summed E-state index contributed by atoms with van der Waals surface area (Å²) in [6.45, 7) is 11.4. The molecule has 1 saturated carbocycles. The molecule has 20 heavy (non-hydrogen) atoms. The van der Waals surface area contributed by atoms with Crippen molar-refractivity contribution in [2.75, 3.05) is 6.54 Å². The summed E-state index contributed by atoms with van der Waals surface area (Å²) < 4.78 is 2.28. The molecule has 1 aromatic heterocycles. The Morgan fingerprint density at radius 3 is 2.85 bits per heavy atom. The van der Waals surface area contributed by atoms with E-state index in [0.29, 0.717) is 11.5 Å². The number of imidazole rings is 1. The minimum Gasteiger partial charge on any atom is -0.335 e. The summed E-state index contributed by atoms with van der Waals surface area (Å²) in [4.78, 5) is 4.57. The van der Waals surface area contributed by atoms with Gasteiger partial charge in [-0.05, 0) is 37.6 Å². The van der Waals surface area contributed by atoms with Crippen molar-refractivity contribution in [3.8, 4) is 0 Å². The molecule has 1 aliphatic carbocycles. The summed E-state index contributed by atoms with van der Waals surface area (Å²) >= 11 is 0. The average Bonchev–Trinajstić information content (AvgIpc) is 2.85. The summed E-state index contributed by atoms with van der Waals surface area (Å²) in [6.07, 6.45) is 10.6. The molecule has 1 N–H and O–H groups in total. The Bertz CT molecular complexity index is 408. The molecule has 3 nitrogen and oxygen atoms in total. The number of nitrogens with one attached hydrogen (secondary N) is 1. The van der Waals surface area contributed by atoms with Crippen LogP contribution in [0.25, 0.3) is 0 Å². The Hall–Kier alpha value is -0.830. The lowest BCUT2D eigenvalue weighted by molar-refractivity contribution is 0.0977. The molecule has 1 aliphatic rings. The summed E-state index contributed by atoms with van der Waals surface area (Å²) in [6, 6.07) is 0.558. The Balaban J connectivity index is 2.14. The minimum absolute atomic E-state index is 0.453. The van der Waals surface area contributed by atoms with Crippen LogP contribution >= 0.6 is 0 Å². The smallest absolute Gasteiger partial charge is 0.110 e. The van der Waals surface area contributed by atoms with E-state index < -0.39 is 0 Å². The quantitative estimate of drug-likeness (QED) is 0.860. The van der Waals surface area contributed by atoms with E-state index in [4.69, 9.17) is 0 Å². The normalized spacial score (nSPS) is 23.7. The molecular weight excluding hydrogens is 246 g/mol. The fourth-order valence-electron chi connectivity index (χ4n) is 3.90. The number of hydrogen-bond donors (Lipinski definition) is 1. The van der Waals surface area contributed by atoms with Crippen molar-refractivity contribution in [3.63, 3.8) is 0 Å². The van der Waals surface area contributed by atoms with Crippen molar-refractivity contribution >= 4 is 0 Å². The molecule has 0 bridgehead atoms. The van der Waals surface area contributed by atoms with Gasteiger partial charge in [-0.2, -0.15) is 0 Å². The van der Waals surface area contributed by atoms with Crippen molar-refractivity contribution in [1.29, 1.82) is 0 Å². The van der Waals surface area contributed by atoms with E-state index in [-0.39, 0.29) is 0 Å². The van der Waals surface area contributed by atoms with Crippen LogP contribution in [0.5, 0.6) is 0 Å². The molecule has 0 radical (unpaired) electrons. The van der Waals surface area contributed by atoms with Crippen molar-refractivity contribution in [3.05, 3.63) is 18.2 Å². The van der Waals surface area contributed by atoms with Gasteiger partial charge in [-0.1, -0.05) is 33.6 Å². The van der Waals surface area contributed by atoms with Crippen LogP contribution in [0.3, 0.4) is 0 Å². The van der Waals surface area contributed by atoms with E-state index in [1.54, 1.807) is 0 Å². The molecule has 0 amide bonds. The topological polar surface area (TPSA) is 29.9 Å². The molecule has 0 spiro atoms. The van der Waals surface area contributed by atoms with Crippen LogP contribution in [0, 0.1) is 11.3 Å². The van der Waals surface area contributed by atoms with Gasteiger partial charge in [-0.3, -0.25) is 0 Å². The lowest BCUT2D eigenvalue weighted by Crippen LogP contribution is -2.46. The molecule has 3 heteroatoms. The van der Waals surface area contributed by atoms with Crippen LogP contribution in [0.15, 0.2) is 12.4 Å². The monoisotopic (exact) mass is 277 g/mol. The van der Waals surface area contributed by atoms with Gasteiger partial charge in [0, 0.05) is 31.4 Å². The van der Waals surface area contributed by atoms with Gasteiger partial charge < -0.3 is 9.88 Å². The van der Waals surface area contributed by atoms with Gasteiger partial charge in [0.2, 0.25) is 0 Å². The van der Waals surface area contributed by atoms with E-state index in [2.05, 4.69) is 48.8 Å². The lowest BCUT2D eigenvalue weighted by atomic mass is 9.65. The predicted molar refractivity (Wildman–Crippen MR) is 84.8 cm³/mol. The zero-order chi connectivity index (χ0) is 14.6. The van der Waals surface area contributed by atoms with Crippen LogP contribution in [0.1, 0.15) is 59.2 Å². The molecule has 2 atom stereocenters. The molecule has 1 heterocycles. The molecule has 0 aliphatic heterocycles. The molecular formula is C17H31N3. The van der Waals surface area contributed by atoms with Gasteiger partial charge in [0.1, 0.15) is 5.82 Å². The number of hydrogen-bond acceptors (Lipinski definition) is 2. The third-order valence-corrected chi connectivity index (χ3v) is 5.09. The second kappa shape index (κ2) is 6.75. The highest BCUT2D eigenvalue weighted by Gasteiger charge is 2.37. The first kappa shape index (κ1) is 15.6. The molecule has 1 fully saturated rings. The van der Waals surface area contributed by atoms with Crippen molar-refractivity contribution < 1.29 is 0 Å². The molecule has 1 aromatic rings. The highest BCUT2D eigenvalue weighted by atomic mass is 15.1. The number of aryl methyl sites for hydroxylation is 1. The molecule has 2 rings (SSSR count). The second-order valence-corrected chi connectivity index (χ2v) is 6.84. The van der Waals surface area contributed by atoms with Crippen LogP contribution in [-0.4, -0.2) is 22.1 Å². The lowest BCUT2D eigenvalue weighted by Gasteiger charge is -2.43. The number of aromatic nitrogens is 2. The number of likely N-dealkylation sites (N-methyl/N-ethyl adjacent to an activating group) is 1. The number of nitrogens with zero attached hydrogens (tertiary/aromatic N) is 2. The standard InChI is InChI=1S/C17H31N3/c1-5-18-15(13-16-19-11-12-20(16)6-2)14-9-7-8-10-17(14,3)4/h11-12,14-15,18H,5-10,13H2,1-4H3. The molecule has 0 saturated heterocycles. The summed E-state index contributed by atoms with van der Waals surface area (Å²) in [5.41, 5.74) is 0.453. The van der Waals surface area contributed by atoms with E-state index in [1.807, 2.05) is 6.20 Å². The Morgan fingerprint density at radius 1 is 1.40 bits per heavy atom. The van der Waals surface area contributed by atoms with Crippen molar-refractivity contribution in [2.45, 2.75) is 72.4 Å². The first-order chi connectivity index (χ1) is 9.58. The fraction of sp³-hybridized carbons (Fsp3) is 0.824. The molecule has 2 unspecified atom stereocenters. The van der Waals surface area contributed by atoms with E-state index >= 15 is 0 Å². The van der Waals surface area contributed by atoms with Gasteiger partial charge in [-0.15, -0.1) is 0 Å². The SMILES string of the molecule is CCNC(Cc1nccn1CC)C1CCCCC1(C)C. The number of rotatable bonds is 6. The highest BCUT2D eigenvalue weighted by Crippen LogP contribution is 2.42. The van der Waals surface area contributed by atoms with Crippen LogP contribution in [-0.2, 0) is 13.0 Å². The Morgan fingerprint density at radius 2 is 2.20 bits per heavy atom. The minimum atomic E-state index is 0.453. The Kier molecular flexibility index (Phi) is 5.25. The van der Waals surface area contributed by atoms with Crippen LogP contribution in [0.2, 0.25) is 0 Å². The predicted octanol–water partition coefficient (Wildman–Crippen LogP) is 3.64. The van der Waals surface area contributed by atoms with E-state index in [1.165, 1.54) is 31.5 Å². The van der Waals surface area contributed by atoms with Gasteiger partial charge in [0.05, 0.1) is 0 Å². The Labute approximate surface area is 124 Å². The van der Waals surface area contributed by atoms with Gasteiger partial charge in [-0.25, -0.2) is 4.98 Å². The van der Waals surface area contributed by atoms with Crippen LogP contribution in [0.4, 0.5) is 0 Å². The van der Waals surface area contributed by atoms with Gasteiger partial charge in [0.15, 0.2) is 0 Å². The molecule has 0 aromatic carbocycles. The van der Waals surface area contributed by atoms with Crippen molar-refractivity contribution in [2.24, 2.45) is 11.3 Å². The van der Waals surface area contributed by atoms with Crippen LogP contribution < -0.4 is 5.32 Å². The van der Waals surface area contributed by atoms with Crippen molar-refractivity contribution in [1.82, 2.24) is 14.9 Å². The summed E-state index contributed by atoms with van der Waals surface area (Å²) in [7, 11) is 0. The van der Waals surface area contributed by atoms with Gasteiger partial charge in [0.25, 0.3) is 0 Å². The third kappa shape index (κ3) is 3.43. The second-order valence-electron chi connectivity index (χ2n) is 6.84. The largest absolute Gasteiger partial charge is 0.335 e. The maximum atomic E-state index is 4.57. The maximum absolute atomic E-state index is 4.57.